The Kier molecular flexibility index (Phi) is 3.77. The molecular formula is C16H19N5O2. The molecule has 1 amide bonds. The average molecular weight is 313 g/mol. The van der Waals surface area contributed by atoms with Crippen LogP contribution in [0.15, 0.2) is 35.1 Å². The third-order valence-electron chi connectivity index (χ3n) is 4.08. The van der Waals surface area contributed by atoms with Gasteiger partial charge in [0.1, 0.15) is 6.04 Å². The van der Waals surface area contributed by atoms with Gasteiger partial charge in [0.05, 0.1) is 0 Å². The van der Waals surface area contributed by atoms with Crippen LogP contribution in [0.5, 0.6) is 0 Å². The summed E-state index contributed by atoms with van der Waals surface area (Å²) in [5, 5.41) is 0. The summed E-state index contributed by atoms with van der Waals surface area (Å²) in [5.74, 6) is 0.376. The van der Waals surface area contributed by atoms with Gasteiger partial charge in [-0.25, -0.2) is 0 Å². The third-order valence-corrected chi connectivity index (χ3v) is 4.08. The average Bonchev–Trinajstić information content (AvgIpc) is 2.53. The maximum absolute atomic E-state index is 12.6. The first kappa shape index (κ1) is 15.1. The summed E-state index contributed by atoms with van der Waals surface area (Å²) in [6.45, 7) is 2.43. The van der Waals surface area contributed by atoms with Crippen LogP contribution in [0.4, 0.5) is 17.5 Å². The molecule has 0 fully saturated rings. The number of carbonyl (C=O) groups is 1. The SMILES string of the molecule is CCC1C(=O)N(C)c2c(nc(N)[nH]c2=O)N1Cc1ccccc1. The van der Waals surface area contributed by atoms with Gasteiger partial charge >= 0.3 is 0 Å². The number of H-pyrrole nitrogens is 1. The molecule has 7 heteroatoms. The van der Waals surface area contributed by atoms with Crippen LogP contribution in [-0.2, 0) is 11.3 Å². The van der Waals surface area contributed by atoms with Crippen molar-refractivity contribution in [3.63, 3.8) is 0 Å². The summed E-state index contributed by atoms with van der Waals surface area (Å²) in [4.78, 5) is 34.8. The van der Waals surface area contributed by atoms with Crippen molar-refractivity contribution in [2.75, 3.05) is 22.6 Å². The zero-order valence-electron chi connectivity index (χ0n) is 13.1. The number of nitrogen functional groups attached to an aromatic ring is 1. The number of fused-ring (bicyclic) bond motifs is 1. The first-order valence-corrected chi connectivity index (χ1v) is 7.50. The molecule has 0 bridgehead atoms. The van der Waals surface area contributed by atoms with E-state index in [2.05, 4.69) is 9.97 Å². The Bertz CT molecular complexity index is 787. The molecule has 1 unspecified atom stereocenters. The Morgan fingerprint density at radius 3 is 2.61 bits per heavy atom. The highest BCUT2D eigenvalue weighted by Gasteiger charge is 2.38. The Morgan fingerprint density at radius 1 is 1.26 bits per heavy atom. The molecule has 0 aliphatic carbocycles. The summed E-state index contributed by atoms with van der Waals surface area (Å²) in [6.07, 6.45) is 0.615. The van der Waals surface area contributed by atoms with Gasteiger partial charge in [-0.2, -0.15) is 4.98 Å². The van der Waals surface area contributed by atoms with Crippen LogP contribution < -0.4 is 21.1 Å². The molecule has 1 atom stereocenters. The minimum absolute atomic E-state index is 0.0458. The second-order valence-electron chi connectivity index (χ2n) is 5.56. The van der Waals surface area contributed by atoms with Crippen LogP contribution >= 0.6 is 0 Å². The number of anilines is 3. The van der Waals surface area contributed by atoms with Crippen molar-refractivity contribution in [2.24, 2.45) is 0 Å². The van der Waals surface area contributed by atoms with Crippen LogP contribution in [-0.4, -0.2) is 29.0 Å². The lowest BCUT2D eigenvalue weighted by atomic mass is 10.1. The van der Waals surface area contributed by atoms with Crippen molar-refractivity contribution in [1.29, 1.82) is 0 Å². The molecule has 0 spiro atoms. The molecule has 0 saturated heterocycles. The number of rotatable bonds is 3. The van der Waals surface area contributed by atoms with E-state index in [4.69, 9.17) is 5.73 Å². The van der Waals surface area contributed by atoms with E-state index in [1.165, 1.54) is 4.90 Å². The summed E-state index contributed by atoms with van der Waals surface area (Å²) in [7, 11) is 1.59. The summed E-state index contributed by atoms with van der Waals surface area (Å²) in [6, 6.07) is 9.40. The number of aromatic amines is 1. The van der Waals surface area contributed by atoms with E-state index >= 15 is 0 Å². The first-order valence-electron chi connectivity index (χ1n) is 7.50. The van der Waals surface area contributed by atoms with E-state index in [9.17, 15) is 9.59 Å². The van der Waals surface area contributed by atoms with Gasteiger partial charge in [0.2, 0.25) is 11.9 Å². The number of hydrogen-bond donors (Lipinski definition) is 2. The quantitative estimate of drug-likeness (QED) is 0.885. The summed E-state index contributed by atoms with van der Waals surface area (Å²) < 4.78 is 0. The lowest BCUT2D eigenvalue weighted by Gasteiger charge is -2.39. The molecule has 2 heterocycles. The van der Waals surface area contributed by atoms with Gasteiger partial charge in [-0.3, -0.25) is 14.6 Å². The summed E-state index contributed by atoms with van der Waals surface area (Å²) in [5.41, 5.74) is 6.58. The monoisotopic (exact) mass is 313 g/mol. The third kappa shape index (κ3) is 2.54. The Hall–Kier alpha value is -2.83. The number of hydrogen-bond acceptors (Lipinski definition) is 5. The smallest absolute Gasteiger partial charge is 0.278 e. The van der Waals surface area contributed by atoms with Gasteiger partial charge in [0.15, 0.2) is 11.5 Å². The molecule has 1 aliphatic heterocycles. The Labute approximate surface area is 133 Å². The van der Waals surface area contributed by atoms with Gasteiger partial charge in [-0.15, -0.1) is 0 Å². The second kappa shape index (κ2) is 5.75. The predicted molar refractivity (Wildman–Crippen MR) is 89.4 cm³/mol. The molecule has 1 aromatic carbocycles. The van der Waals surface area contributed by atoms with E-state index in [0.717, 1.165) is 5.56 Å². The summed E-state index contributed by atoms with van der Waals surface area (Å²) >= 11 is 0. The van der Waals surface area contributed by atoms with E-state index in [0.29, 0.717) is 18.8 Å². The predicted octanol–water partition coefficient (Wildman–Crippen LogP) is 1.11. The minimum Gasteiger partial charge on any atom is -0.369 e. The fourth-order valence-electron chi connectivity index (χ4n) is 2.95. The van der Waals surface area contributed by atoms with Crippen LogP contribution in [0, 0.1) is 0 Å². The van der Waals surface area contributed by atoms with E-state index in [-0.39, 0.29) is 23.6 Å². The van der Waals surface area contributed by atoms with Crippen molar-refractivity contribution in [3.05, 3.63) is 46.2 Å². The molecule has 120 valence electrons. The van der Waals surface area contributed by atoms with E-state index in [1.807, 2.05) is 42.2 Å². The van der Waals surface area contributed by atoms with Gasteiger partial charge in [0.25, 0.3) is 5.56 Å². The molecule has 1 aromatic heterocycles. The number of benzene rings is 1. The molecule has 7 nitrogen and oxygen atoms in total. The van der Waals surface area contributed by atoms with Crippen LogP contribution in [0.25, 0.3) is 0 Å². The largest absolute Gasteiger partial charge is 0.369 e. The van der Waals surface area contributed by atoms with E-state index < -0.39 is 5.56 Å². The standard InChI is InChI=1S/C16H19N5O2/c1-3-11-15(23)20(2)12-13(18-16(17)19-14(12)22)21(11)9-10-7-5-4-6-8-10/h4-8,11H,3,9H2,1-2H3,(H3,17,18,19,22). The lowest BCUT2D eigenvalue weighted by molar-refractivity contribution is -0.120. The number of carbonyl (C=O) groups excluding carboxylic acids is 1. The first-order chi connectivity index (χ1) is 11.0. The maximum Gasteiger partial charge on any atom is 0.278 e. The minimum atomic E-state index is -0.407. The highest BCUT2D eigenvalue weighted by Crippen LogP contribution is 2.33. The maximum atomic E-state index is 12.6. The molecule has 3 rings (SSSR count). The van der Waals surface area contributed by atoms with Crippen LogP contribution in [0.1, 0.15) is 18.9 Å². The van der Waals surface area contributed by atoms with Crippen molar-refractivity contribution in [1.82, 2.24) is 9.97 Å². The van der Waals surface area contributed by atoms with Gasteiger partial charge in [-0.05, 0) is 12.0 Å². The van der Waals surface area contributed by atoms with Crippen molar-refractivity contribution < 1.29 is 4.79 Å². The zero-order chi connectivity index (χ0) is 16.6. The molecule has 23 heavy (non-hydrogen) atoms. The van der Waals surface area contributed by atoms with Gasteiger partial charge < -0.3 is 15.5 Å². The molecule has 2 aromatic rings. The Balaban J connectivity index is 2.14. The second-order valence-corrected chi connectivity index (χ2v) is 5.56. The molecule has 3 N–H and O–H groups in total. The fourth-order valence-corrected chi connectivity index (χ4v) is 2.95. The highest BCUT2D eigenvalue weighted by atomic mass is 16.2. The highest BCUT2D eigenvalue weighted by molar-refractivity contribution is 6.04. The Morgan fingerprint density at radius 2 is 1.96 bits per heavy atom. The van der Waals surface area contributed by atoms with Crippen LogP contribution in [0.3, 0.4) is 0 Å². The van der Waals surface area contributed by atoms with Crippen molar-refractivity contribution in [3.8, 4) is 0 Å². The molecular weight excluding hydrogens is 294 g/mol. The number of nitrogens with zero attached hydrogens (tertiary/aromatic N) is 3. The topological polar surface area (TPSA) is 95.3 Å². The molecule has 0 saturated carbocycles. The number of nitrogens with one attached hydrogen (secondary N) is 1. The van der Waals surface area contributed by atoms with Crippen molar-refractivity contribution in [2.45, 2.75) is 25.9 Å². The van der Waals surface area contributed by atoms with Gasteiger partial charge in [-0.1, -0.05) is 37.3 Å². The number of amides is 1. The lowest BCUT2D eigenvalue weighted by Crippen LogP contribution is -2.53. The number of aromatic nitrogens is 2. The zero-order valence-corrected chi connectivity index (χ0v) is 13.1. The molecule has 0 radical (unpaired) electrons. The number of nitrogens with two attached hydrogens (primary N) is 1. The van der Waals surface area contributed by atoms with Crippen LogP contribution in [0.2, 0.25) is 0 Å². The van der Waals surface area contributed by atoms with E-state index in [1.54, 1.807) is 7.05 Å². The normalized spacial score (nSPS) is 17.3. The van der Waals surface area contributed by atoms with Crippen molar-refractivity contribution >= 4 is 23.4 Å². The van der Waals surface area contributed by atoms with Gasteiger partial charge in [0, 0.05) is 13.6 Å². The molecule has 1 aliphatic rings. The number of likely N-dealkylation sites (N-methyl/N-ethyl adjacent to an activating group) is 1. The fraction of sp³-hybridized carbons (Fsp3) is 0.312.